The van der Waals surface area contributed by atoms with Crippen molar-refractivity contribution in [2.24, 2.45) is 35.5 Å². The van der Waals surface area contributed by atoms with Gasteiger partial charge < -0.3 is 9.47 Å². The van der Waals surface area contributed by atoms with Gasteiger partial charge in [0, 0.05) is 11.8 Å². The van der Waals surface area contributed by atoms with E-state index in [1.165, 1.54) is 47.6 Å². The van der Waals surface area contributed by atoms with Gasteiger partial charge in [-0.15, -0.1) is 0 Å². The molecule has 5 aliphatic rings. The Balaban J connectivity index is 1.53. The van der Waals surface area contributed by atoms with E-state index >= 15 is 0 Å². The number of benzene rings is 2. The molecule has 0 aromatic heterocycles. The van der Waals surface area contributed by atoms with Crippen LogP contribution in [0.3, 0.4) is 0 Å². The van der Waals surface area contributed by atoms with Gasteiger partial charge in [0.1, 0.15) is 0 Å². The summed E-state index contributed by atoms with van der Waals surface area (Å²) in [4.78, 5) is 26.0. The quantitative estimate of drug-likeness (QED) is 0.407. The molecule has 8 atom stereocenters. The maximum absolute atomic E-state index is 13.0. The molecule has 2 fully saturated rings. The maximum atomic E-state index is 13.0. The van der Waals surface area contributed by atoms with E-state index in [0.717, 1.165) is 0 Å². The van der Waals surface area contributed by atoms with Crippen molar-refractivity contribution in [2.75, 3.05) is 14.2 Å². The monoisotopic (exact) mass is 480 g/mol. The van der Waals surface area contributed by atoms with Gasteiger partial charge >= 0.3 is 11.9 Å². The topological polar surface area (TPSA) is 52.6 Å². The minimum atomic E-state index is -0.511. The normalized spacial score (nSPS) is 34.0. The Morgan fingerprint density at radius 3 is 1.31 bits per heavy atom. The number of carbonyl (C=O) groups excluding carboxylic acids is 2. The Hall–Kier alpha value is -3.40. The van der Waals surface area contributed by atoms with Crippen LogP contribution in [0.1, 0.15) is 36.8 Å². The van der Waals surface area contributed by atoms with Crippen LogP contribution >= 0.6 is 0 Å². The van der Waals surface area contributed by atoms with Crippen molar-refractivity contribution in [1.82, 2.24) is 0 Å². The summed E-state index contributed by atoms with van der Waals surface area (Å²) < 4.78 is 10.4. The molecule has 0 N–H and O–H groups in total. The van der Waals surface area contributed by atoms with Crippen molar-refractivity contribution in [2.45, 2.75) is 25.7 Å². The van der Waals surface area contributed by atoms with Crippen LogP contribution in [-0.2, 0) is 19.1 Å². The zero-order chi connectivity index (χ0) is 25.1. The van der Waals surface area contributed by atoms with Crippen molar-refractivity contribution in [3.05, 3.63) is 106 Å². The minimum absolute atomic E-state index is 0.0669. The second kappa shape index (κ2) is 8.62. The Labute approximate surface area is 212 Å². The highest BCUT2D eigenvalue weighted by Gasteiger charge is 2.65. The van der Waals surface area contributed by atoms with E-state index in [9.17, 15) is 9.59 Å². The standard InChI is InChI=1S/C32H32O4/c1-17-23(19-11-7-5-8-12-19)24(20-13-9-6-10-14-20)18(2)26-25(17)27-21-15-16-22(28(26)27)30(32(34)36-4)29(21)31(33)35-3/h5-16,21-24,27-30H,1-4H3/t21-,22+,23+,24-,27-,28-,29-,30+/m1/s1. The van der Waals surface area contributed by atoms with E-state index in [-0.39, 0.29) is 47.4 Å². The molecule has 184 valence electrons. The van der Waals surface area contributed by atoms with Gasteiger partial charge in [-0.1, -0.05) is 84.0 Å². The number of methoxy groups -OCH3 is 2. The summed E-state index contributed by atoms with van der Waals surface area (Å²) in [6.07, 6.45) is 4.33. The number of allylic oxidation sites excluding steroid dienone is 6. The van der Waals surface area contributed by atoms with Gasteiger partial charge in [-0.3, -0.25) is 9.59 Å². The number of hydrogen-bond donors (Lipinski definition) is 0. The van der Waals surface area contributed by atoms with Crippen molar-refractivity contribution in [3.63, 3.8) is 0 Å². The summed E-state index contributed by atoms with van der Waals surface area (Å²) in [7, 11) is 2.83. The first-order chi connectivity index (χ1) is 17.5. The summed E-state index contributed by atoms with van der Waals surface area (Å²) in [6.45, 7) is 4.56. The van der Waals surface area contributed by atoms with E-state index in [2.05, 4.69) is 86.7 Å². The molecule has 2 aromatic rings. The van der Waals surface area contributed by atoms with E-state index in [4.69, 9.17) is 9.47 Å². The van der Waals surface area contributed by atoms with Crippen LogP contribution in [0.25, 0.3) is 0 Å². The van der Waals surface area contributed by atoms with Crippen molar-refractivity contribution in [3.8, 4) is 0 Å². The number of carbonyl (C=O) groups is 2. The molecular weight excluding hydrogens is 448 g/mol. The highest BCUT2D eigenvalue weighted by Crippen LogP contribution is 2.69. The third kappa shape index (κ3) is 3.06. The molecule has 4 nitrogen and oxygen atoms in total. The molecule has 2 saturated carbocycles. The largest absolute Gasteiger partial charge is 0.469 e. The summed E-state index contributed by atoms with van der Waals surface area (Å²) >= 11 is 0. The molecule has 0 radical (unpaired) electrons. The van der Waals surface area contributed by atoms with Gasteiger partial charge in [0.2, 0.25) is 0 Å². The summed E-state index contributed by atoms with van der Waals surface area (Å²) in [6, 6.07) is 21.5. The SMILES string of the molecule is COC(=O)[C@@H]1[C@@H]2C=C[C@H]([C@@H]1C(=O)OC)[C@@H]1C3=C(C)[C@H](c4ccccc4)[C@H](c4ccccc4)C(C)=C3[C@@H]21. The van der Waals surface area contributed by atoms with E-state index in [1.807, 2.05) is 0 Å². The average Bonchev–Trinajstić information content (AvgIpc) is 2.90. The first kappa shape index (κ1) is 23.0. The van der Waals surface area contributed by atoms with Crippen LogP contribution in [-0.4, -0.2) is 26.2 Å². The predicted octanol–water partition coefficient (Wildman–Crippen LogP) is 5.84. The predicted molar refractivity (Wildman–Crippen MR) is 138 cm³/mol. The lowest BCUT2D eigenvalue weighted by Crippen LogP contribution is -2.60. The smallest absolute Gasteiger partial charge is 0.310 e. The van der Waals surface area contributed by atoms with Gasteiger partial charge in [0.05, 0.1) is 26.1 Å². The zero-order valence-electron chi connectivity index (χ0n) is 21.2. The molecule has 0 aliphatic heterocycles. The van der Waals surface area contributed by atoms with Gasteiger partial charge in [-0.2, -0.15) is 0 Å². The van der Waals surface area contributed by atoms with E-state index in [1.54, 1.807) is 0 Å². The molecule has 0 spiro atoms. The molecule has 36 heavy (non-hydrogen) atoms. The lowest BCUT2D eigenvalue weighted by molar-refractivity contribution is -0.169. The van der Waals surface area contributed by atoms with Crippen LogP contribution in [0.15, 0.2) is 95.1 Å². The second-order valence-electron chi connectivity index (χ2n) is 10.7. The summed E-state index contributed by atoms with van der Waals surface area (Å²) in [5.41, 5.74) is 8.19. The molecular formula is C32H32O4. The summed E-state index contributed by atoms with van der Waals surface area (Å²) in [5.74, 6) is -0.884. The molecule has 2 bridgehead atoms. The number of rotatable bonds is 4. The Morgan fingerprint density at radius 1 is 0.611 bits per heavy atom. The van der Waals surface area contributed by atoms with Crippen molar-refractivity contribution < 1.29 is 19.1 Å². The number of esters is 2. The molecule has 0 saturated heterocycles. The fourth-order valence-corrected chi connectivity index (χ4v) is 8.02. The average molecular weight is 481 g/mol. The molecule has 2 aromatic carbocycles. The third-order valence-corrected chi connectivity index (χ3v) is 9.32. The fraction of sp³-hybridized carbons (Fsp3) is 0.375. The number of hydrogen-bond acceptors (Lipinski definition) is 4. The van der Waals surface area contributed by atoms with Crippen molar-refractivity contribution >= 4 is 11.9 Å². The zero-order valence-corrected chi connectivity index (χ0v) is 21.2. The van der Waals surface area contributed by atoms with E-state index in [0.29, 0.717) is 0 Å². The Kier molecular flexibility index (Phi) is 5.51. The molecule has 0 amide bonds. The van der Waals surface area contributed by atoms with Gasteiger partial charge in [-0.25, -0.2) is 0 Å². The van der Waals surface area contributed by atoms with Crippen LogP contribution in [0, 0.1) is 35.5 Å². The Bertz CT molecular complexity index is 1200. The van der Waals surface area contributed by atoms with Gasteiger partial charge in [0.15, 0.2) is 0 Å². The van der Waals surface area contributed by atoms with Crippen LogP contribution in [0.2, 0.25) is 0 Å². The maximum Gasteiger partial charge on any atom is 0.310 e. The lowest BCUT2D eigenvalue weighted by Gasteiger charge is -2.62. The second-order valence-corrected chi connectivity index (χ2v) is 10.7. The van der Waals surface area contributed by atoms with Crippen LogP contribution in [0.5, 0.6) is 0 Å². The fourth-order valence-electron chi connectivity index (χ4n) is 8.02. The Morgan fingerprint density at radius 2 is 0.972 bits per heavy atom. The molecule has 0 heterocycles. The van der Waals surface area contributed by atoms with Crippen LogP contribution < -0.4 is 0 Å². The molecule has 5 aliphatic carbocycles. The summed E-state index contributed by atoms with van der Waals surface area (Å²) in [5, 5.41) is 0. The number of ether oxygens (including phenoxy) is 2. The van der Waals surface area contributed by atoms with Crippen LogP contribution in [0.4, 0.5) is 0 Å². The lowest BCUT2D eigenvalue weighted by atomic mass is 9.40. The van der Waals surface area contributed by atoms with Crippen molar-refractivity contribution in [1.29, 1.82) is 0 Å². The van der Waals surface area contributed by atoms with Gasteiger partial charge in [0.25, 0.3) is 0 Å². The third-order valence-electron chi connectivity index (χ3n) is 9.32. The first-order valence-corrected chi connectivity index (χ1v) is 12.8. The highest BCUT2D eigenvalue weighted by atomic mass is 16.5. The molecule has 7 rings (SSSR count). The minimum Gasteiger partial charge on any atom is -0.469 e. The van der Waals surface area contributed by atoms with Gasteiger partial charge in [-0.05, 0) is 59.8 Å². The highest BCUT2D eigenvalue weighted by molar-refractivity contribution is 5.85. The molecule has 0 unspecified atom stereocenters. The first-order valence-electron chi connectivity index (χ1n) is 12.8. The van der Waals surface area contributed by atoms with E-state index < -0.39 is 11.8 Å². The number of fused-ring (bicyclic) bond motifs is 2. The molecule has 4 heteroatoms.